The number of ether oxygens (including phenoxy) is 1. The number of nitrogens with one attached hydrogen (secondary N) is 2. The molecule has 0 saturated carbocycles. The second-order valence-electron chi connectivity index (χ2n) is 7.61. The zero-order valence-electron chi connectivity index (χ0n) is 18.1. The fraction of sp³-hybridized carbons (Fsp3) is 0.348. The van der Waals surface area contributed by atoms with E-state index in [9.17, 15) is 0 Å². The summed E-state index contributed by atoms with van der Waals surface area (Å²) in [6, 6.07) is 18.6. The van der Waals surface area contributed by atoms with Crippen LogP contribution in [0.15, 0.2) is 59.6 Å². The van der Waals surface area contributed by atoms with Gasteiger partial charge in [-0.3, -0.25) is 0 Å². The number of aryl methyl sites for hydroxylation is 1. The molecule has 1 aromatic heterocycles. The average molecular weight is 532 g/mol. The molecule has 0 radical (unpaired) electrons. The van der Waals surface area contributed by atoms with Gasteiger partial charge in [-0.1, -0.05) is 48.5 Å². The number of nitrogens with zero attached hydrogens (tertiary/aromatic N) is 4. The van der Waals surface area contributed by atoms with E-state index in [-0.39, 0.29) is 35.9 Å². The summed E-state index contributed by atoms with van der Waals surface area (Å²) in [5, 5.41) is 15.4. The van der Waals surface area contributed by atoms with Crippen molar-refractivity contribution in [2.75, 3.05) is 6.61 Å². The number of aromatic nitrogens is 3. The molecule has 0 bridgehead atoms. The van der Waals surface area contributed by atoms with Gasteiger partial charge in [0.1, 0.15) is 11.6 Å². The summed E-state index contributed by atoms with van der Waals surface area (Å²) in [4.78, 5) is 4.81. The van der Waals surface area contributed by atoms with Gasteiger partial charge >= 0.3 is 0 Å². The van der Waals surface area contributed by atoms with E-state index >= 15 is 0 Å². The Hall–Kier alpha value is -2.62. The quantitative estimate of drug-likeness (QED) is 0.289. The van der Waals surface area contributed by atoms with E-state index in [1.807, 2.05) is 48.9 Å². The van der Waals surface area contributed by atoms with Crippen molar-refractivity contribution in [2.45, 2.75) is 38.9 Å². The molecule has 31 heavy (non-hydrogen) atoms. The Morgan fingerprint density at radius 1 is 1.16 bits per heavy atom. The molecule has 0 amide bonds. The van der Waals surface area contributed by atoms with Crippen molar-refractivity contribution >= 4 is 29.9 Å². The zero-order valence-corrected chi connectivity index (χ0v) is 20.4. The molecule has 2 N–H and O–H groups in total. The highest BCUT2D eigenvalue weighted by Gasteiger charge is 2.29. The Morgan fingerprint density at radius 2 is 1.90 bits per heavy atom. The van der Waals surface area contributed by atoms with Gasteiger partial charge in [-0.05, 0) is 25.5 Å². The second kappa shape index (κ2) is 10.6. The van der Waals surface area contributed by atoms with Crippen LogP contribution in [0.25, 0.3) is 0 Å². The maximum absolute atomic E-state index is 5.87. The number of hydrogen-bond acceptors (Lipinski definition) is 4. The summed E-state index contributed by atoms with van der Waals surface area (Å²) in [6.45, 7) is 5.92. The van der Waals surface area contributed by atoms with Crippen molar-refractivity contribution in [1.29, 1.82) is 0 Å². The maximum Gasteiger partial charge on any atom is 0.192 e. The van der Waals surface area contributed by atoms with Crippen LogP contribution in [0.4, 0.5) is 0 Å². The summed E-state index contributed by atoms with van der Waals surface area (Å²) in [5.74, 6) is 3.74. The van der Waals surface area contributed by atoms with E-state index in [1.54, 1.807) is 0 Å². The first-order valence-corrected chi connectivity index (χ1v) is 10.3. The predicted octanol–water partition coefficient (Wildman–Crippen LogP) is 3.54. The lowest BCUT2D eigenvalue weighted by Crippen LogP contribution is -2.45. The van der Waals surface area contributed by atoms with Crippen LogP contribution in [0, 0.1) is 6.92 Å². The molecule has 2 heterocycles. The first kappa shape index (κ1) is 23.1. The minimum Gasteiger partial charge on any atom is -0.493 e. The SMILES string of the molecule is Cc1nnc(CNC(=NCc2ccccc2)NC(C)C2COc3ccccc32)n1C.I. The summed E-state index contributed by atoms with van der Waals surface area (Å²) in [7, 11) is 1.97. The molecule has 2 aromatic carbocycles. The van der Waals surface area contributed by atoms with Crippen LogP contribution >= 0.6 is 24.0 Å². The van der Waals surface area contributed by atoms with E-state index in [1.165, 1.54) is 5.56 Å². The molecule has 3 aromatic rings. The van der Waals surface area contributed by atoms with Crippen LogP contribution in [0.2, 0.25) is 0 Å². The zero-order chi connectivity index (χ0) is 20.9. The molecular weight excluding hydrogens is 503 g/mol. The molecule has 7 nitrogen and oxygen atoms in total. The molecule has 164 valence electrons. The Balaban J connectivity index is 0.00000272. The van der Waals surface area contributed by atoms with Crippen LogP contribution in [0.1, 0.15) is 35.6 Å². The monoisotopic (exact) mass is 532 g/mol. The number of fused-ring (bicyclic) bond motifs is 1. The van der Waals surface area contributed by atoms with Gasteiger partial charge in [0.15, 0.2) is 11.8 Å². The molecule has 4 rings (SSSR count). The van der Waals surface area contributed by atoms with Crippen LogP contribution in [-0.2, 0) is 20.1 Å². The molecule has 0 aliphatic carbocycles. The highest BCUT2D eigenvalue weighted by Crippen LogP contribution is 2.35. The third kappa shape index (κ3) is 5.55. The third-order valence-corrected chi connectivity index (χ3v) is 5.56. The van der Waals surface area contributed by atoms with Crippen molar-refractivity contribution in [1.82, 2.24) is 25.4 Å². The number of rotatable bonds is 6. The van der Waals surface area contributed by atoms with Gasteiger partial charge in [0, 0.05) is 24.6 Å². The summed E-state index contributed by atoms with van der Waals surface area (Å²) in [5.41, 5.74) is 2.40. The van der Waals surface area contributed by atoms with Crippen LogP contribution in [0.5, 0.6) is 5.75 Å². The fourth-order valence-corrected chi connectivity index (χ4v) is 3.59. The van der Waals surface area contributed by atoms with Crippen LogP contribution in [-0.4, -0.2) is 33.4 Å². The lowest BCUT2D eigenvalue weighted by Gasteiger charge is -2.23. The number of para-hydroxylation sites is 1. The Labute approximate surface area is 200 Å². The molecule has 0 spiro atoms. The van der Waals surface area contributed by atoms with Crippen molar-refractivity contribution in [3.05, 3.63) is 77.4 Å². The number of benzene rings is 2. The van der Waals surface area contributed by atoms with Crippen molar-refractivity contribution < 1.29 is 4.74 Å². The predicted molar refractivity (Wildman–Crippen MR) is 133 cm³/mol. The van der Waals surface area contributed by atoms with Gasteiger partial charge in [0.2, 0.25) is 0 Å². The van der Waals surface area contributed by atoms with Gasteiger partial charge in [-0.2, -0.15) is 0 Å². The second-order valence-corrected chi connectivity index (χ2v) is 7.61. The largest absolute Gasteiger partial charge is 0.493 e. The lowest BCUT2D eigenvalue weighted by atomic mass is 9.94. The summed E-state index contributed by atoms with van der Waals surface area (Å²) >= 11 is 0. The summed E-state index contributed by atoms with van der Waals surface area (Å²) < 4.78 is 7.85. The Bertz CT molecular complexity index is 1020. The van der Waals surface area contributed by atoms with Crippen molar-refractivity contribution in [3.63, 3.8) is 0 Å². The molecule has 2 atom stereocenters. The molecule has 1 aliphatic rings. The Morgan fingerprint density at radius 3 is 2.65 bits per heavy atom. The van der Waals surface area contributed by atoms with Gasteiger partial charge in [-0.25, -0.2) is 4.99 Å². The number of halogens is 1. The van der Waals surface area contributed by atoms with Crippen LogP contribution in [0.3, 0.4) is 0 Å². The lowest BCUT2D eigenvalue weighted by molar-refractivity contribution is 0.312. The summed E-state index contributed by atoms with van der Waals surface area (Å²) in [6.07, 6.45) is 0. The van der Waals surface area contributed by atoms with Gasteiger partial charge in [-0.15, -0.1) is 34.2 Å². The van der Waals surface area contributed by atoms with E-state index in [0.717, 1.165) is 28.9 Å². The van der Waals surface area contributed by atoms with Crippen molar-refractivity contribution in [2.24, 2.45) is 12.0 Å². The van der Waals surface area contributed by atoms with E-state index in [2.05, 4.69) is 52.0 Å². The number of hydrogen-bond donors (Lipinski definition) is 2. The molecule has 1 aliphatic heterocycles. The topological polar surface area (TPSA) is 76.4 Å². The normalized spacial score (nSPS) is 16.1. The molecule has 8 heteroatoms. The van der Waals surface area contributed by atoms with E-state index < -0.39 is 0 Å². The standard InChI is InChI=1S/C23H28N6O.HI/c1-16(20-15-30-21-12-8-7-11-19(20)21)26-23(24-13-18-9-5-4-6-10-18)25-14-22-28-27-17(2)29(22)3;/h4-12,16,20H,13-15H2,1-3H3,(H2,24,25,26);1H. The minimum atomic E-state index is 0. The van der Waals surface area contributed by atoms with Crippen LogP contribution < -0.4 is 15.4 Å². The van der Waals surface area contributed by atoms with Gasteiger partial charge < -0.3 is 19.9 Å². The minimum absolute atomic E-state index is 0. The maximum atomic E-state index is 5.87. The third-order valence-electron chi connectivity index (χ3n) is 5.56. The highest BCUT2D eigenvalue weighted by atomic mass is 127. The fourth-order valence-electron chi connectivity index (χ4n) is 3.59. The molecule has 0 saturated heterocycles. The molecule has 0 fully saturated rings. The average Bonchev–Trinajstić information content (AvgIpc) is 3.34. The molecular formula is C23H29IN6O. The van der Waals surface area contributed by atoms with Gasteiger partial charge in [0.25, 0.3) is 0 Å². The Kier molecular flexibility index (Phi) is 7.89. The van der Waals surface area contributed by atoms with E-state index in [4.69, 9.17) is 9.73 Å². The van der Waals surface area contributed by atoms with E-state index in [0.29, 0.717) is 19.7 Å². The first-order valence-electron chi connectivity index (χ1n) is 10.3. The highest BCUT2D eigenvalue weighted by molar-refractivity contribution is 14.0. The van der Waals surface area contributed by atoms with Gasteiger partial charge in [0.05, 0.1) is 19.7 Å². The number of guanidine groups is 1. The van der Waals surface area contributed by atoms with Crippen molar-refractivity contribution in [3.8, 4) is 5.75 Å². The first-order chi connectivity index (χ1) is 14.6. The smallest absolute Gasteiger partial charge is 0.192 e. The molecule has 2 unspecified atom stereocenters. The number of aliphatic imine (C=N–C) groups is 1.